The van der Waals surface area contributed by atoms with Crippen molar-refractivity contribution in [2.24, 2.45) is 0 Å². The van der Waals surface area contributed by atoms with Gasteiger partial charge in [0.25, 0.3) is 0 Å². The van der Waals surface area contributed by atoms with Gasteiger partial charge >= 0.3 is 0 Å². The van der Waals surface area contributed by atoms with E-state index in [0.29, 0.717) is 0 Å². The summed E-state index contributed by atoms with van der Waals surface area (Å²) >= 11 is 0. The first-order valence-corrected chi connectivity index (χ1v) is 7.70. The van der Waals surface area contributed by atoms with Gasteiger partial charge < -0.3 is 4.43 Å². The summed E-state index contributed by atoms with van der Waals surface area (Å²) in [5.41, 5.74) is 6.09. The maximum atomic E-state index is 5.57. The van der Waals surface area contributed by atoms with Crippen molar-refractivity contribution in [3.8, 4) is 0 Å². The molecule has 2 aromatic carbocycles. The summed E-state index contributed by atoms with van der Waals surface area (Å²) in [6.07, 6.45) is 0. The van der Waals surface area contributed by atoms with Crippen LogP contribution in [0.1, 0.15) is 18.1 Å². The Morgan fingerprint density at radius 3 is 1.89 bits per heavy atom. The van der Waals surface area contributed by atoms with E-state index in [2.05, 4.69) is 54.2 Å². The average molecular weight is 254 g/mol. The van der Waals surface area contributed by atoms with Crippen molar-refractivity contribution >= 4 is 15.3 Å². The molecule has 0 N–H and O–H groups in total. The molecule has 0 saturated carbocycles. The molecule has 0 unspecified atom stereocenters. The Balaban J connectivity index is 2.33. The Bertz CT molecular complexity index is 450. The van der Waals surface area contributed by atoms with Gasteiger partial charge in [-0.25, -0.2) is 0 Å². The molecular weight excluding hydrogens is 236 g/mol. The van der Waals surface area contributed by atoms with Crippen molar-refractivity contribution in [1.29, 1.82) is 0 Å². The van der Waals surface area contributed by atoms with Crippen molar-refractivity contribution in [3.63, 3.8) is 0 Å². The Kier molecular flexibility index (Phi) is 4.94. The zero-order chi connectivity index (χ0) is 12.6. The second-order valence-electron chi connectivity index (χ2n) is 4.01. The molecule has 0 fully saturated rings. The predicted octanol–water partition coefficient (Wildman–Crippen LogP) is 3.20. The van der Waals surface area contributed by atoms with Crippen LogP contribution >= 0.6 is 0 Å². The molecule has 0 aromatic heterocycles. The summed E-state index contributed by atoms with van der Waals surface area (Å²) in [6.45, 7) is 2.85. The molecule has 0 atom stereocenters. The smallest absolute Gasteiger partial charge is 0.185 e. The van der Waals surface area contributed by atoms with E-state index in [1.165, 1.54) is 16.7 Å². The predicted molar refractivity (Wildman–Crippen MR) is 80.1 cm³/mol. The Labute approximate surface area is 111 Å². The molecule has 2 aromatic rings. The third-order valence-corrected chi connectivity index (χ3v) is 4.00. The van der Waals surface area contributed by atoms with Gasteiger partial charge in [0.1, 0.15) is 0 Å². The second-order valence-corrected chi connectivity index (χ2v) is 5.16. The zero-order valence-electron chi connectivity index (χ0n) is 10.7. The molecular formula is C16H18OSi. The molecule has 0 aliphatic carbocycles. The maximum absolute atomic E-state index is 5.57. The van der Waals surface area contributed by atoms with Gasteiger partial charge in [0.05, 0.1) is 0 Å². The Morgan fingerprint density at radius 1 is 0.944 bits per heavy atom. The lowest BCUT2D eigenvalue weighted by atomic mass is 10.00. The van der Waals surface area contributed by atoms with E-state index in [0.717, 1.165) is 6.61 Å². The Hall–Kier alpha value is -1.64. The summed E-state index contributed by atoms with van der Waals surface area (Å²) in [5, 5.41) is 0. The van der Waals surface area contributed by atoms with Crippen LogP contribution in [0, 0.1) is 0 Å². The highest BCUT2D eigenvalue weighted by molar-refractivity contribution is 6.37. The quantitative estimate of drug-likeness (QED) is 0.588. The van der Waals surface area contributed by atoms with Gasteiger partial charge in [0.2, 0.25) is 0 Å². The molecule has 0 aliphatic rings. The number of rotatable bonds is 5. The number of benzene rings is 2. The van der Waals surface area contributed by atoms with E-state index in [1.54, 1.807) is 0 Å². The largest absolute Gasteiger partial charge is 0.419 e. The van der Waals surface area contributed by atoms with Crippen molar-refractivity contribution in [3.05, 3.63) is 77.5 Å². The van der Waals surface area contributed by atoms with Crippen LogP contribution in [0.2, 0.25) is 0 Å². The lowest BCUT2D eigenvalue weighted by Gasteiger charge is -2.08. The summed E-state index contributed by atoms with van der Waals surface area (Å²) < 4.78 is 5.57. The molecule has 0 spiro atoms. The molecule has 2 heteroatoms. The van der Waals surface area contributed by atoms with Gasteiger partial charge in [-0.05, 0) is 23.6 Å². The summed E-state index contributed by atoms with van der Waals surface area (Å²) in [5.74, 6) is 0. The fraction of sp³-hybridized carbons (Fsp3) is 0.125. The molecule has 0 aliphatic heterocycles. The molecule has 0 amide bonds. The SMILES string of the molecule is CCO[SiH2]C=C(c1ccccc1)c1ccccc1. The van der Waals surface area contributed by atoms with E-state index in [4.69, 9.17) is 4.43 Å². The van der Waals surface area contributed by atoms with Gasteiger partial charge in [-0.3, -0.25) is 0 Å². The molecule has 0 heterocycles. The van der Waals surface area contributed by atoms with Crippen LogP contribution in [0.4, 0.5) is 0 Å². The molecule has 2 rings (SSSR count). The summed E-state index contributed by atoms with van der Waals surface area (Å²) in [6, 6.07) is 21.0. The fourth-order valence-corrected chi connectivity index (χ4v) is 2.89. The lowest BCUT2D eigenvalue weighted by Crippen LogP contribution is -1.97. The summed E-state index contributed by atoms with van der Waals surface area (Å²) in [7, 11) is -0.586. The monoisotopic (exact) mass is 254 g/mol. The highest BCUT2D eigenvalue weighted by Crippen LogP contribution is 2.22. The first-order chi connectivity index (χ1) is 8.92. The van der Waals surface area contributed by atoms with Gasteiger partial charge in [-0.2, -0.15) is 0 Å². The highest BCUT2D eigenvalue weighted by Gasteiger charge is 2.03. The molecule has 1 nitrogen and oxygen atoms in total. The average Bonchev–Trinajstić information content (AvgIpc) is 2.46. The molecule has 92 valence electrons. The zero-order valence-corrected chi connectivity index (χ0v) is 12.1. The van der Waals surface area contributed by atoms with E-state index >= 15 is 0 Å². The Morgan fingerprint density at radius 2 is 1.44 bits per heavy atom. The van der Waals surface area contributed by atoms with Gasteiger partial charge in [0, 0.05) is 6.61 Å². The summed E-state index contributed by atoms with van der Waals surface area (Å²) in [4.78, 5) is 0. The maximum Gasteiger partial charge on any atom is 0.185 e. The molecule has 18 heavy (non-hydrogen) atoms. The first kappa shape index (κ1) is 12.8. The van der Waals surface area contributed by atoms with Gasteiger partial charge in [-0.15, -0.1) is 0 Å². The number of hydrogen-bond acceptors (Lipinski definition) is 1. The third-order valence-electron chi connectivity index (χ3n) is 2.78. The van der Waals surface area contributed by atoms with Crippen molar-refractivity contribution in [1.82, 2.24) is 0 Å². The fourth-order valence-electron chi connectivity index (χ4n) is 1.90. The minimum atomic E-state index is -0.586. The normalized spacial score (nSPS) is 10.7. The van der Waals surface area contributed by atoms with Crippen molar-refractivity contribution in [2.45, 2.75) is 6.92 Å². The van der Waals surface area contributed by atoms with Crippen LogP contribution in [0.25, 0.3) is 5.57 Å². The topological polar surface area (TPSA) is 9.23 Å². The van der Waals surface area contributed by atoms with Crippen LogP contribution in [-0.2, 0) is 4.43 Å². The van der Waals surface area contributed by atoms with E-state index in [9.17, 15) is 0 Å². The minimum absolute atomic E-state index is 0.586. The van der Waals surface area contributed by atoms with Crippen LogP contribution in [-0.4, -0.2) is 16.4 Å². The first-order valence-electron chi connectivity index (χ1n) is 6.30. The van der Waals surface area contributed by atoms with Crippen molar-refractivity contribution in [2.75, 3.05) is 6.61 Å². The molecule has 0 radical (unpaired) electrons. The standard InChI is InChI=1S/C16H18OSi/c1-2-17-18-13-16(14-9-5-3-6-10-14)15-11-7-4-8-12-15/h3-13H,2,18H2,1H3. The van der Waals surface area contributed by atoms with Crippen LogP contribution in [0.3, 0.4) is 0 Å². The molecule has 0 saturated heterocycles. The third kappa shape index (κ3) is 3.42. The minimum Gasteiger partial charge on any atom is -0.419 e. The van der Waals surface area contributed by atoms with Crippen molar-refractivity contribution < 1.29 is 4.43 Å². The highest BCUT2D eigenvalue weighted by atomic mass is 28.2. The van der Waals surface area contributed by atoms with Crippen LogP contribution in [0.15, 0.2) is 66.4 Å². The van der Waals surface area contributed by atoms with E-state index in [1.807, 2.05) is 19.1 Å². The second kappa shape index (κ2) is 6.94. The van der Waals surface area contributed by atoms with Crippen LogP contribution < -0.4 is 0 Å². The number of hydrogen-bond donors (Lipinski definition) is 0. The van der Waals surface area contributed by atoms with Gasteiger partial charge in [-0.1, -0.05) is 66.4 Å². The van der Waals surface area contributed by atoms with Gasteiger partial charge in [0.15, 0.2) is 9.76 Å². The van der Waals surface area contributed by atoms with E-state index < -0.39 is 9.76 Å². The lowest BCUT2D eigenvalue weighted by molar-refractivity contribution is 0.367. The van der Waals surface area contributed by atoms with E-state index in [-0.39, 0.29) is 0 Å². The molecule has 0 bridgehead atoms. The van der Waals surface area contributed by atoms with Crippen LogP contribution in [0.5, 0.6) is 0 Å².